The van der Waals surface area contributed by atoms with Crippen LogP contribution in [-0.4, -0.2) is 69.3 Å². The van der Waals surface area contributed by atoms with Crippen LogP contribution in [0.2, 0.25) is 0 Å². The second kappa shape index (κ2) is 50.4. The Hall–Kier alpha value is -7.32. The van der Waals surface area contributed by atoms with Crippen LogP contribution in [-0.2, 0) is 58.0 Å². The van der Waals surface area contributed by atoms with Gasteiger partial charge in [0.25, 0.3) is 0 Å². The van der Waals surface area contributed by atoms with Gasteiger partial charge in [-0.1, -0.05) is 236 Å². The van der Waals surface area contributed by atoms with Crippen molar-refractivity contribution in [2.45, 2.75) is 169 Å². The van der Waals surface area contributed by atoms with E-state index >= 15 is 0 Å². The Labute approximate surface area is 542 Å². The lowest BCUT2D eigenvalue weighted by Crippen LogP contribution is -2.34. The largest absolute Gasteiger partial charge is 0.445 e. The first-order valence-corrected chi connectivity index (χ1v) is 33.6. The molecule has 0 heterocycles. The van der Waals surface area contributed by atoms with Gasteiger partial charge in [0, 0.05) is 50.6 Å². The highest BCUT2D eigenvalue weighted by Gasteiger charge is 2.20. The molecule has 0 saturated heterocycles. The number of ether oxygens (including phenoxy) is 2. The van der Waals surface area contributed by atoms with Crippen LogP contribution >= 0.6 is 0 Å². The lowest BCUT2D eigenvalue weighted by atomic mass is 9.92. The van der Waals surface area contributed by atoms with Gasteiger partial charge in [-0.25, -0.2) is 9.59 Å². The molecule has 0 bridgehead atoms. The fraction of sp³-hybridized carbons (Fsp3) is 0.481. The number of hydrogen-bond acceptors (Lipinski definition) is 9. The Bertz CT molecular complexity index is 2420. The van der Waals surface area contributed by atoms with Crippen molar-refractivity contribution in [2.24, 2.45) is 46.8 Å². The average Bonchev–Trinajstić information content (AvgIpc) is 3.64. The van der Waals surface area contributed by atoms with Crippen molar-refractivity contribution in [2.75, 3.05) is 39.3 Å². The van der Waals surface area contributed by atoms with Crippen molar-refractivity contribution >= 4 is 24.0 Å². The minimum atomic E-state index is -0.363. The summed E-state index contributed by atoms with van der Waals surface area (Å²) in [6, 6.07) is 61.1. The molecule has 0 radical (unpaired) electrons. The van der Waals surface area contributed by atoms with E-state index in [-0.39, 0.29) is 41.9 Å². The number of aryl methyl sites for hydroxylation is 4. The van der Waals surface area contributed by atoms with Gasteiger partial charge in [0.15, 0.2) is 0 Å². The van der Waals surface area contributed by atoms with Crippen molar-refractivity contribution in [1.29, 1.82) is 0 Å². The maximum Gasteiger partial charge on any atom is 0.407 e. The number of hydrogen-bond donors (Lipinski definition) is 7. The van der Waals surface area contributed by atoms with E-state index in [2.05, 4.69) is 153 Å². The zero-order chi connectivity index (χ0) is 65.1. The van der Waals surface area contributed by atoms with Gasteiger partial charge in [0.1, 0.15) is 13.2 Å². The number of benzene rings is 6. The van der Waals surface area contributed by atoms with Gasteiger partial charge in [-0.15, -0.1) is 0 Å². The Morgan fingerprint density at radius 1 is 0.389 bits per heavy atom. The molecule has 0 unspecified atom stereocenters. The van der Waals surface area contributed by atoms with Crippen LogP contribution < -0.4 is 38.5 Å². The fourth-order valence-corrected chi connectivity index (χ4v) is 9.89. The number of carbonyl (C=O) groups excluding carboxylic acids is 4. The number of nitrogens with one attached hydrogen (secondary N) is 4. The number of nitrogens with two attached hydrogens (primary N) is 3. The van der Waals surface area contributed by atoms with Crippen molar-refractivity contribution in [3.05, 3.63) is 215 Å². The fourth-order valence-electron chi connectivity index (χ4n) is 9.89. The maximum absolute atomic E-state index is 12.8. The highest BCUT2D eigenvalue weighted by Crippen LogP contribution is 2.20. The molecule has 6 aromatic rings. The topological polar surface area (TPSA) is 213 Å². The zero-order valence-electron chi connectivity index (χ0n) is 55.4. The lowest BCUT2D eigenvalue weighted by molar-refractivity contribution is -0.126. The SMILES string of the molecule is CCCC[C@H](C)CNC(=O)OCc1ccccc1.CC[C@@H](C)CCCNC(=O)C(CCc1ccccc1)CCc1ccccc1.C[C@@H](CCCN)CNC(=O)OCc1ccccc1.NC[C@@H](N)CCCNC(=O)C(CCc1ccccc1)CCc1ccccc1. The van der Waals surface area contributed by atoms with Crippen molar-refractivity contribution in [1.82, 2.24) is 21.3 Å². The van der Waals surface area contributed by atoms with Crippen molar-refractivity contribution in [3.8, 4) is 0 Å². The molecule has 0 spiro atoms. The summed E-state index contributed by atoms with van der Waals surface area (Å²) in [4.78, 5) is 48.4. The number of carbonyl (C=O) groups is 4. The van der Waals surface area contributed by atoms with Crippen LogP contribution in [0, 0.1) is 29.6 Å². The van der Waals surface area contributed by atoms with E-state index in [9.17, 15) is 19.2 Å². The van der Waals surface area contributed by atoms with Crippen LogP contribution in [0.3, 0.4) is 0 Å². The summed E-state index contributed by atoms with van der Waals surface area (Å²) in [6.45, 7) is 15.5. The number of alkyl carbamates (subject to hydrolysis) is 2. The highest BCUT2D eigenvalue weighted by atomic mass is 16.6. The molecule has 10 N–H and O–H groups in total. The molecular formula is C77H113N7O6. The Morgan fingerprint density at radius 3 is 1.01 bits per heavy atom. The van der Waals surface area contributed by atoms with Crippen molar-refractivity contribution in [3.63, 3.8) is 0 Å². The molecule has 90 heavy (non-hydrogen) atoms. The smallest absolute Gasteiger partial charge is 0.407 e. The zero-order valence-corrected chi connectivity index (χ0v) is 55.4. The predicted molar refractivity (Wildman–Crippen MR) is 372 cm³/mol. The number of rotatable bonds is 38. The molecule has 0 saturated carbocycles. The van der Waals surface area contributed by atoms with E-state index in [1.54, 1.807) is 0 Å². The molecule has 0 aliphatic carbocycles. The maximum atomic E-state index is 12.8. The van der Waals surface area contributed by atoms with Crippen LogP contribution in [0.25, 0.3) is 0 Å². The van der Waals surface area contributed by atoms with Crippen LogP contribution in [0.1, 0.15) is 158 Å². The molecule has 13 nitrogen and oxygen atoms in total. The van der Waals surface area contributed by atoms with E-state index in [4.69, 9.17) is 26.7 Å². The third-order valence-electron chi connectivity index (χ3n) is 16.0. The summed E-state index contributed by atoms with van der Waals surface area (Å²) in [5.74, 6) is 2.16. The van der Waals surface area contributed by atoms with E-state index in [1.165, 1.54) is 47.9 Å². The molecule has 0 aliphatic heterocycles. The normalized spacial score (nSPS) is 12.0. The van der Waals surface area contributed by atoms with Crippen LogP contribution in [0.15, 0.2) is 182 Å². The minimum Gasteiger partial charge on any atom is -0.445 e. The van der Waals surface area contributed by atoms with Gasteiger partial charge < -0.3 is 47.9 Å². The van der Waals surface area contributed by atoms with Gasteiger partial charge in [-0.2, -0.15) is 0 Å². The summed E-state index contributed by atoms with van der Waals surface area (Å²) in [6.07, 6.45) is 17.4. The van der Waals surface area contributed by atoms with Gasteiger partial charge in [-0.3, -0.25) is 9.59 Å². The third-order valence-corrected chi connectivity index (χ3v) is 16.0. The first-order chi connectivity index (χ1) is 43.8. The van der Waals surface area contributed by atoms with E-state index < -0.39 is 0 Å². The van der Waals surface area contributed by atoms with Gasteiger partial charge >= 0.3 is 12.2 Å². The summed E-state index contributed by atoms with van der Waals surface area (Å²) < 4.78 is 10.2. The van der Waals surface area contributed by atoms with E-state index in [0.29, 0.717) is 57.8 Å². The molecule has 0 aliphatic rings. The quantitative estimate of drug-likeness (QED) is 0.0183. The Morgan fingerprint density at radius 2 is 0.700 bits per heavy atom. The highest BCUT2D eigenvalue weighted by molar-refractivity contribution is 5.79. The molecule has 6 aromatic carbocycles. The second-order valence-corrected chi connectivity index (χ2v) is 24.0. The molecule has 0 fully saturated rings. The molecule has 4 atom stereocenters. The monoisotopic (exact) mass is 1230 g/mol. The first kappa shape index (κ1) is 76.9. The second-order valence-electron chi connectivity index (χ2n) is 24.0. The molecular weight excluding hydrogens is 1120 g/mol. The lowest BCUT2D eigenvalue weighted by Gasteiger charge is -2.17. The molecule has 0 aromatic heterocycles. The van der Waals surface area contributed by atoms with Crippen LogP contribution in [0.4, 0.5) is 9.59 Å². The van der Waals surface area contributed by atoms with Gasteiger partial charge in [0.2, 0.25) is 11.8 Å². The third kappa shape index (κ3) is 38.9. The molecule has 4 amide bonds. The summed E-state index contributed by atoms with van der Waals surface area (Å²) in [5, 5.41) is 11.9. The number of amides is 4. The molecule has 492 valence electrons. The van der Waals surface area contributed by atoms with Crippen molar-refractivity contribution < 1.29 is 28.7 Å². The predicted octanol–water partition coefficient (Wildman–Crippen LogP) is 14.9. The van der Waals surface area contributed by atoms with Crippen LogP contribution in [0.5, 0.6) is 0 Å². The summed E-state index contributed by atoms with van der Waals surface area (Å²) >= 11 is 0. The summed E-state index contributed by atoms with van der Waals surface area (Å²) in [7, 11) is 0. The molecule has 13 heteroatoms. The summed E-state index contributed by atoms with van der Waals surface area (Å²) in [5.41, 5.74) is 24.0. The van der Waals surface area contributed by atoms with E-state index in [1.807, 2.05) is 84.9 Å². The number of unbranched alkanes of at least 4 members (excludes halogenated alkanes) is 1. The minimum absolute atomic E-state index is 0.0218. The van der Waals surface area contributed by atoms with E-state index in [0.717, 1.165) is 113 Å². The first-order valence-electron chi connectivity index (χ1n) is 33.6. The Balaban J connectivity index is 0.000000319. The van der Waals surface area contributed by atoms with Gasteiger partial charge in [0.05, 0.1) is 0 Å². The standard InChI is InChI=1S/C25H35NO.C23H33N3O.C15H23NO2.C14H22N2O2/c1-3-21(2)11-10-20-26-25(27)24(18-16-22-12-6-4-7-13-22)19-17-23-14-8-5-9-15-23;24-18-22(25)12-7-17-26-23(27)21(15-13-19-8-3-1-4-9-19)16-14-20-10-5-2-6-11-20;1-3-4-8-13(2)11-16-15(17)18-12-14-9-6-5-7-10-14;1-12(6-5-9-15)10-16-14(17)18-11-13-7-3-2-4-8-13/h4-9,12-15,21,24H,3,10-11,16-20H2,1-2H3,(H,26,27);1-6,8-11,21-22H,7,12-18,24-25H2,(H,26,27);5-7,9-10,13H,3-4,8,11-12H2,1-2H3,(H,16,17);2-4,7-8,12H,5-6,9-11,15H2,1H3,(H,16,17)/t21-;22-;13-;12-/m1000/s1. The average molecular weight is 1230 g/mol. The Kier molecular flexibility index (Phi) is 43.1. The van der Waals surface area contributed by atoms with Gasteiger partial charge in [-0.05, 0) is 154 Å². The molecule has 6 rings (SSSR count).